The molecule has 0 aromatic carbocycles. The molecule has 2 aromatic heterocycles. The number of piperidine rings is 1. The molecular formula is C12H18N5+. The van der Waals surface area contributed by atoms with Gasteiger partial charge in [-0.1, -0.05) is 16.5 Å². The van der Waals surface area contributed by atoms with Gasteiger partial charge in [-0.05, 0) is 24.8 Å². The summed E-state index contributed by atoms with van der Waals surface area (Å²) < 4.78 is 1.87. The van der Waals surface area contributed by atoms with Crippen molar-refractivity contribution in [2.45, 2.75) is 26.7 Å². The number of aryl methyl sites for hydroxylation is 1. The summed E-state index contributed by atoms with van der Waals surface area (Å²) in [5.74, 6) is 2.87. The Labute approximate surface area is 100 Å². The van der Waals surface area contributed by atoms with Crippen LogP contribution >= 0.6 is 0 Å². The van der Waals surface area contributed by atoms with E-state index in [4.69, 9.17) is 0 Å². The SMILES string of the molecule is Cc1[nH]nc2ccc(N3CCC(C)CC3)n[n+]12. The van der Waals surface area contributed by atoms with Crippen LogP contribution in [0.2, 0.25) is 0 Å². The largest absolute Gasteiger partial charge is 0.354 e. The van der Waals surface area contributed by atoms with Gasteiger partial charge >= 0.3 is 5.65 Å². The van der Waals surface area contributed by atoms with Crippen molar-refractivity contribution in [1.29, 1.82) is 0 Å². The molecule has 0 spiro atoms. The smallest absolute Gasteiger partial charge is 0.325 e. The number of fused-ring (bicyclic) bond motifs is 1. The van der Waals surface area contributed by atoms with Crippen LogP contribution in [0.3, 0.4) is 0 Å². The summed E-state index contributed by atoms with van der Waals surface area (Å²) >= 11 is 0. The Balaban J connectivity index is 1.92. The van der Waals surface area contributed by atoms with E-state index in [1.807, 2.05) is 17.5 Å². The molecule has 1 fully saturated rings. The van der Waals surface area contributed by atoms with Crippen molar-refractivity contribution >= 4 is 11.5 Å². The minimum Gasteiger partial charge on any atom is -0.354 e. The summed E-state index contributed by atoms with van der Waals surface area (Å²) in [7, 11) is 0. The van der Waals surface area contributed by atoms with Crippen molar-refractivity contribution in [2.75, 3.05) is 18.0 Å². The van der Waals surface area contributed by atoms with Gasteiger partial charge < -0.3 is 4.90 Å². The van der Waals surface area contributed by atoms with E-state index in [2.05, 4.69) is 33.2 Å². The molecule has 0 saturated carbocycles. The van der Waals surface area contributed by atoms with Gasteiger partial charge in [-0.25, -0.2) is 0 Å². The van der Waals surface area contributed by atoms with Gasteiger partial charge in [0.2, 0.25) is 0 Å². The van der Waals surface area contributed by atoms with Crippen LogP contribution in [0.5, 0.6) is 0 Å². The van der Waals surface area contributed by atoms with Gasteiger partial charge in [0.1, 0.15) is 0 Å². The first-order valence-corrected chi connectivity index (χ1v) is 6.23. The third-order valence-corrected chi connectivity index (χ3v) is 3.56. The van der Waals surface area contributed by atoms with Crippen molar-refractivity contribution in [3.05, 3.63) is 18.0 Å². The van der Waals surface area contributed by atoms with E-state index in [0.717, 1.165) is 36.3 Å². The third kappa shape index (κ3) is 1.85. The van der Waals surface area contributed by atoms with E-state index in [-0.39, 0.29) is 0 Å². The molecule has 0 aliphatic carbocycles. The van der Waals surface area contributed by atoms with Gasteiger partial charge in [0.25, 0.3) is 5.82 Å². The average molecular weight is 232 g/mol. The highest BCUT2D eigenvalue weighted by molar-refractivity contribution is 5.41. The van der Waals surface area contributed by atoms with Crippen LogP contribution in [0.1, 0.15) is 25.6 Å². The highest BCUT2D eigenvalue weighted by atomic mass is 15.4. The molecule has 17 heavy (non-hydrogen) atoms. The molecule has 1 aliphatic heterocycles. The first-order chi connectivity index (χ1) is 8.24. The number of nitrogens with one attached hydrogen (secondary N) is 1. The number of rotatable bonds is 1. The molecule has 0 amide bonds. The van der Waals surface area contributed by atoms with Crippen molar-refractivity contribution in [2.24, 2.45) is 5.92 Å². The zero-order valence-electron chi connectivity index (χ0n) is 10.3. The summed E-state index contributed by atoms with van der Waals surface area (Å²) in [6, 6.07) is 4.08. The Bertz CT molecular complexity index is 525. The summed E-state index contributed by atoms with van der Waals surface area (Å²) in [5.41, 5.74) is 0.872. The highest BCUT2D eigenvalue weighted by Gasteiger charge is 2.19. The molecule has 2 aromatic rings. The van der Waals surface area contributed by atoms with Gasteiger partial charge in [-0.15, -0.1) is 5.10 Å². The Hall–Kier alpha value is -1.65. The molecule has 3 heterocycles. The predicted octanol–water partition coefficient (Wildman–Crippen LogP) is 1.09. The standard InChI is InChI=1S/C12H17N5/c1-9-5-7-16(8-6-9)12-4-3-11-14-13-10(2)17(11)15-12/h3-4,9H,5-8H2,1-2H3/p+1. The molecule has 0 bridgehead atoms. The number of aromatic amines is 1. The predicted molar refractivity (Wildman–Crippen MR) is 64.9 cm³/mol. The highest BCUT2D eigenvalue weighted by Crippen LogP contribution is 2.20. The quantitative estimate of drug-likeness (QED) is 0.749. The van der Waals surface area contributed by atoms with Crippen molar-refractivity contribution in [3.63, 3.8) is 0 Å². The van der Waals surface area contributed by atoms with Crippen LogP contribution < -0.4 is 9.42 Å². The number of aromatic nitrogens is 4. The number of hydrogen-bond acceptors (Lipinski definition) is 3. The molecule has 0 unspecified atom stereocenters. The second-order valence-electron chi connectivity index (χ2n) is 4.94. The Morgan fingerprint density at radius 1 is 1.35 bits per heavy atom. The second kappa shape index (κ2) is 3.98. The molecule has 1 saturated heterocycles. The lowest BCUT2D eigenvalue weighted by atomic mass is 9.99. The monoisotopic (exact) mass is 232 g/mol. The van der Waals surface area contributed by atoms with E-state index in [0.29, 0.717) is 0 Å². The van der Waals surface area contributed by atoms with E-state index in [1.54, 1.807) is 0 Å². The van der Waals surface area contributed by atoms with Crippen molar-refractivity contribution in [3.8, 4) is 0 Å². The first-order valence-electron chi connectivity index (χ1n) is 6.23. The second-order valence-corrected chi connectivity index (χ2v) is 4.94. The molecular weight excluding hydrogens is 214 g/mol. The van der Waals surface area contributed by atoms with Gasteiger partial charge in [0, 0.05) is 31.2 Å². The van der Waals surface area contributed by atoms with Crippen LogP contribution in [0.25, 0.3) is 5.65 Å². The molecule has 1 N–H and O–H groups in total. The summed E-state index contributed by atoms with van der Waals surface area (Å²) in [4.78, 5) is 2.36. The minimum atomic E-state index is 0.846. The fourth-order valence-electron chi connectivity index (χ4n) is 2.33. The number of nitrogens with zero attached hydrogens (tertiary/aromatic N) is 4. The molecule has 90 valence electrons. The lowest BCUT2D eigenvalue weighted by Gasteiger charge is -2.30. The fraction of sp³-hybridized carbons (Fsp3) is 0.583. The maximum atomic E-state index is 4.63. The molecule has 0 radical (unpaired) electrons. The van der Waals surface area contributed by atoms with Crippen LogP contribution in [-0.4, -0.2) is 28.4 Å². The lowest BCUT2D eigenvalue weighted by molar-refractivity contribution is -0.586. The van der Waals surface area contributed by atoms with Crippen LogP contribution in [0, 0.1) is 12.8 Å². The molecule has 1 aliphatic rings. The number of H-pyrrole nitrogens is 1. The van der Waals surface area contributed by atoms with E-state index >= 15 is 0 Å². The first kappa shape index (κ1) is 10.5. The maximum absolute atomic E-state index is 4.63. The van der Waals surface area contributed by atoms with Crippen LogP contribution in [-0.2, 0) is 0 Å². The van der Waals surface area contributed by atoms with Crippen molar-refractivity contribution in [1.82, 2.24) is 15.3 Å². The van der Waals surface area contributed by atoms with Gasteiger partial charge in [0.15, 0.2) is 5.82 Å². The topological polar surface area (TPSA) is 48.9 Å². The van der Waals surface area contributed by atoms with Crippen LogP contribution in [0.15, 0.2) is 12.1 Å². The Kier molecular flexibility index (Phi) is 2.46. The van der Waals surface area contributed by atoms with Crippen molar-refractivity contribution < 1.29 is 4.52 Å². The van der Waals surface area contributed by atoms with E-state index < -0.39 is 0 Å². The molecule has 5 heteroatoms. The summed E-state index contributed by atoms with van der Waals surface area (Å²) in [5, 5.41) is 11.8. The minimum absolute atomic E-state index is 0.846. The Morgan fingerprint density at radius 3 is 2.88 bits per heavy atom. The van der Waals surface area contributed by atoms with Gasteiger partial charge in [-0.2, -0.15) is 0 Å². The molecule has 0 atom stereocenters. The number of anilines is 1. The fourth-order valence-corrected chi connectivity index (χ4v) is 2.33. The summed E-state index contributed by atoms with van der Waals surface area (Å²) in [6.45, 7) is 6.52. The molecule has 3 rings (SSSR count). The van der Waals surface area contributed by atoms with E-state index in [9.17, 15) is 0 Å². The van der Waals surface area contributed by atoms with E-state index in [1.165, 1.54) is 12.8 Å². The van der Waals surface area contributed by atoms with Gasteiger partial charge in [0.05, 0.1) is 0 Å². The van der Waals surface area contributed by atoms with Crippen LogP contribution in [0.4, 0.5) is 5.82 Å². The summed E-state index contributed by atoms with van der Waals surface area (Å²) in [6.07, 6.45) is 2.52. The maximum Gasteiger partial charge on any atom is 0.325 e. The zero-order valence-corrected chi connectivity index (χ0v) is 10.3. The number of hydrogen-bond donors (Lipinski definition) is 1. The average Bonchev–Trinajstić information content (AvgIpc) is 2.72. The Morgan fingerprint density at radius 2 is 2.12 bits per heavy atom. The van der Waals surface area contributed by atoms with Gasteiger partial charge in [-0.3, -0.25) is 0 Å². The third-order valence-electron chi connectivity index (χ3n) is 3.56. The lowest BCUT2D eigenvalue weighted by Crippen LogP contribution is -2.37. The molecule has 5 nitrogen and oxygen atoms in total. The zero-order chi connectivity index (χ0) is 11.8. The normalized spacial score (nSPS) is 17.9.